The van der Waals surface area contributed by atoms with Gasteiger partial charge in [0.25, 0.3) is 5.91 Å². The first-order valence-corrected chi connectivity index (χ1v) is 6.65. The van der Waals surface area contributed by atoms with Crippen LogP contribution in [0.15, 0.2) is 24.4 Å². The number of rotatable bonds is 5. The number of carbonyl (C=O) groups is 1. The van der Waals surface area contributed by atoms with Gasteiger partial charge < -0.3 is 10.4 Å². The Hall–Kier alpha value is -2.30. The Labute approximate surface area is 118 Å². The molecular formula is C15H19N3O2. The van der Waals surface area contributed by atoms with Crippen LogP contribution in [0, 0.1) is 13.8 Å². The number of phenolic OH excluding ortho intramolecular Hbond substituents is 1. The van der Waals surface area contributed by atoms with Crippen molar-refractivity contribution in [2.24, 2.45) is 0 Å². The zero-order chi connectivity index (χ0) is 14.5. The number of H-pyrrole nitrogens is 1. The van der Waals surface area contributed by atoms with E-state index in [2.05, 4.69) is 15.5 Å². The molecule has 20 heavy (non-hydrogen) atoms. The van der Waals surface area contributed by atoms with Crippen LogP contribution in [-0.4, -0.2) is 27.8 Å². The van der Waals surface area contributed by atoms with Gasteiger partial charge in [-0.05, 0) is 44.4 Å². The third kappa shape index (κ3) is 3.17. The minimum Gasteiger partial charge on any atom is -0.508 e. The molecule has 0 atom stereocenters. The molecule has 0 aliphatic rings. The van der Waals surface area contributed by atoms with Crippen LogP contribution in [0.5, 0.6) is 5.75 Å². The van der Waals surface area contributed by atoms with E-state index in [1.54, 1.807) is 25.1 Å². The molecule has 1 aromatic carbocycles. The molecule has 1 aromatic heterocycles. The van der Waals surface area contributed by atoms with Crippen molar-refractivity contribution in [1.82, 2.24) is 15.5 Å². The number of nitrogens with zero attached hydrogens (tertiary/aromatic N) is 1. The number of aromatic amines is 1. The highest BCUT2D eigenvalue weighted by atomic mass is 16.3. The van der Waals surface area contributed by atoms with Crippen LogP contribution in [0.4, 0.5) is 0 Å². The molecule has 0 radical (unpaired) electrons. The van der Waals surface area contributed by atoms with Crippen LogP contribution in [0.3, 0.4) is 0 Å². The Bertz CT molecular complexity index is 605. The second-order valence-corrected chi connectivity index (χ2v) is 4.83. The standard InChI is InChI=1S/C15H19N3O2/c1-10-13(6-3-7-14(10)19)15(20)16-8-4-5-12-9-17-18-11(12)2/h3,6-7,9,19H,4-5,8H2,1-2H3,(H,16,20)(H,17,18). The smallest absolute Gasteiger partial charge is 0.251 e. The first kappa shape index (κ1) is 14.1. The van der Waals surface area contributed by atoms with Crippen molar-refractivity contribution >= 4 is 5.91 Å². The number of amides is 1. The van der Waals surface area contributed by atoms with E-state index < -0.39 is 0 Å². The van der Waals surface area contributed by atoms with Gasteiger partial charge in [0.1, 0.15) is 5.75 Å². The van der Waals surface area contributed by atoms with E-state index in [1.165, 1.54) is 5.56 Å². The lowest BCUT2D eigenvalue weighted by molar-refractivity contribution is 0.0952. The Morgan fingerprint density at radius 1 is 1.40 bits per heavy atom. The molecule has 5 heteroatoms. The fourth-order valence-corrected chi connectivity index (χ4v) is 2.07. The average molecular weight is 273 g/mol. The normalized spacial score (nSPS) is 10.5. The van der Waals surface area contributed by atoms with Gasteiger partial charge in [0, 0.05) is 23.4 Å². The van der Waals surface area contributed by atoms with E-state index in [0.717, 1.165) is 18.5 Å². The van der Waals surface area contributed by atoms with E-state index in [0.29, 0.717) is 17.7 Å². The zero-order valence-electron chi connectivity index (χ0n) is 11.7. The third-order valence-corrected chi connectivity index (χ3v) is 3.39. The number of hydrogen-bond donors (Lipinski definition) is 3. The van der Waals surface area contributed by atoms with Crippen LogP contribution >= 0.6 is 0 Å². The molecule has 0 saturated carbocycles. The number of phenols is 1. The lowest BCUT2D eigenvalue weighted by atomic mass is 10.1. The molecular weight excluding hydrogens is 254 g/mol. The second kappa shape index (κ2) is 6.23. The Morgan fingerprint density at radius 2 is 2.20 bits per heavy atom. The largest absolute Gasteiger partial charge is 0.508 e. The number of benzene rings is 1. The van der Waals surface area contributed by atoms with Crippen molar-refractivity contribution in [2.45, 2.75) is 26.7 Å². The van der Waals surface area contributed by atoms with Crippen LogP contribution < -0.4 is 5.32 Å². The Morgan fingerprint density at radius 3 is 2.90 bits per heavy atom. The predicted molar refractivity (Wildman–Crippen MR) is 76.8 cm³/mol. The van der Waals surface area contributed by atoms with Gasteiger partial charge in [-0.25, -0.2) is 0 Å². The van der Waals surface area contributed by atoms with Crippen LogP contribution in [0.1, 0.15) is 33.6 Å². The highest BCUT2D eigenvalue weighted by Gasteiger charge is 2.10. The second-order valence-electron chi connectivity index (χ2n) is 4.83. The van der Waals surface area contributed by atoms with Crippen molar-refractivity contribution in [3.05, 3.63) is 46.8 Å². The molecule has 0 bridgehead atoms. The lowest BCUT2D eigenvalue weighted by Crippen LogP contribution is -2.25. The molecule has 0 spiro atoms. The molecule has 1 heterocycles. The summed E-state index contributed by atoms with van der Waals surface area (Å²) in [6.45, 7) is 4.31. The van der Waals surface area contributed by atoms with Gasteiger partial charge in [-0.15, -0.1) is 0 Å². The van der Waals surface area contributed by atoms with Crippen molar-refractivity contribution in [3.63, 3.8) is 0 Å². The molecule has 0 saturated heterocycles. The van der Waals surface area contributed by atoms with E-state index in [1.807, 2.05) is 13.1 Å². The summed E-state index contributed by atoms with van der Waals surface area (Å²) in [5.74, 6) is -0.00557. The van der Waals surface area contributed by atoms with Crippen LogP contribution in [0.2, 0.25) is 0 Å². The summed E-state index contributed by atoms with van der Waals surface area (Å²) in [7, 11) is 0. The number of carbonyl (C=O) groups excluding carboxylic acids is 1. The molecule has 2 aromatic rings. The van der Waals surface area contributed by atoms with Crippen molar-refractivity contribution in [2.75, 3.05) is 6.54 Å². The number of aromatic hydroxyl groups is 1. The molecule has 0 fully saturated rings. The number of nitrogens with one attached hydrogen (secondary N) is 2. The molecule has 0 aliphatic heterocycles. The van der Waals surface area contributed by atoms with Gasteiger partial charge in [0.15, 0.2) is 0 Å². The maximum absolute atomic E-state index is 12.0. The molecule has 0 unspecified atom stereocenters. The summed E-state index contributed by atoms with van der Waals surface area (Å²) in [5, 5.41) is 19.3. The monoisotopic (exact) mass is 273 g/mol. The predicted octanol–water partition coefficient (Wildman–Crippen LogP) is 2.09. The van der Waals surface area contributed by atoms with Crippen molar-refractivity contribution < 1.29 is 9.90 Å². The molecule has 1 amide bonds. The highest BCUT2D eigenvalue weighted by molar-refractivity contribution is 5.96. The maximum Gasteiger partial charge on any atom is 0.251 e. The van der Waals surface area contributed by atoms with E-state index >= 15 is 0 Å². The first-order chi connectivity index (χ1) is 9.59. The number of aryl methyl sites for hydroxylation is 2. The Balaban J connectivity index is 1.84. The SMILES string of the molecule is Cc1[nH]ncc1CCCNC(=O)c1cccc(O)c1C. The van der Waals surface area contributed by atoms with Gasteiger partial charge in [-0.1, -0.05) is 6.07 Å². The fourth-order valence-electron chi connectivity index (χ4n) is 2.07. The van der Waals surface area contributed by atoms with Gasteiger partial charge in [0.05, 0.1) is 6.20 Å². The molecule has 106 valence electrons. The van der Waals surface area contributed by atoms with Gasteiger partial charge in [0.2, 0.25) is 0 Å². The first-order valence-electron chi connectivity index (χ1n) is 6.65. The zero-order valence-corrected chi connectivity index (χ0v) is 11.7. The van der Waals surface area contributed by atoms with E-state index in [9.17, 15) is 9.90 Å². The fraction of sp³-hybridized carbons (Fsp3) is 0.333. The molecule has 3 N–H and O–H groups in total. The lowest BCUT2D eigenvalue weighted by Gasteiger charge is -2.08. The van der Waals surface area contributed by atoms with Crippen LogP contribution in [-0.2, 0) is 6.42 Å². The summed E-state index contributed by atoms with van der Waals surface area (Å²) >= 11 is 0. The molecule has 5 nitrogen and oxygen atoms in total. The maximum atomic E-state index is 12.0. The topological polar surface area (TPSA) is 78.0 Å². The van der Waals surface area contributed by atoms with E-state index in [-0.39, 0.29) is 11.7 Å². The van der Waals surface area contributed by atoms with Crippen molar-refractivity contribution in [1.29, 1.82) is 0 Å². The van der Waals surface area contributed by atoms with Gasteiger partial charge in [-0.2, -0.15) is 5.10 Å². The van der Waals surface area contributed by atoms with Crippen molar-refractivity contribution in [3.8, 4) is 5.75 Å². The highest BCUT2D eigenvalue weighted by Crippen LogP contribution is 2.19. The summed E-state index contributed by atoms with van der Waals surface area (Å²) < 4.78 is 0. The molecule has 0 aliphatic carbocycles. The minimum absolute atomic E-state index is 0.145. The molecule has 2 rings (SSSR count). The summed E-state index contributed by atoms with van der Waals surface area (Å²) in [6.07, 6.45) is 3.54. The van der Waals surface area contributed by atoms with Gasteiger partial charge in [-0.3, -0.25) is 9.89 Å². The van der Waals surface area contributed by atoms with Gasteiger partial charge >= 0.3 is 0 Å². The third-order valence-electron chi connectivity index (χ3n) is 3.39. The van der Waals surface area contributed by atoms with Crippen LogP contribution in [0.25, 0.3) is 0 Å². The summed E-state index contributed by atoms with van der Waals surface area (Å²) in [5.41, 5.74) is 3.37. The average Bonchev–Trinajstić information content (AvgIpc) is 2.83. The quantitative estimate of drug-likeness (QED) is 0.730. The summed E-state index contributed by atoms with van der Waals surface area (Å²) in [6, 6.07) is 4.96. The summed E-state index contributed by atoms with van der Waals surface area (Å²) in [4.78, 5) is 12.0. The number of hydrogen-bond acceptors (Lipinski definition) is 3. The minimum atomic E-state index is -0.151. The Kier molecular flexibility index (Phi) is 4.40. The van der Waals surface area contributed by atoms with E-state index in [4.69, 9.17) is 0 Å². The number of aromatic nitrogens is 2.